The molecule has 2 bridgehead atoms. The first-order valence-electron chi connectivity index (χ1n) is 6.47. The van der Waals surface area contributed by atoms with Crippen LogP contribution in [0.1, 0.15) is 6.42 Å². The molecule has 19 heavy (non-hydrogen) atoms. The number of anilines is 1. The number of piperazine rings is 1. The maximum Gasteiger partial charge on any atom is 0.239 e. The molecular weight excluding hydrogens is 308 g/mol. The Morgan fingerprint density at radius 3 is 3.00 bits per heavy atom. The van der Waals surface area contributed by atoms with Crippen molar-refractivity contribution in [1.29, 1.82) is 0 Å². The number of nitrogens with one attached hydrogen (secondary N) is 1. The monoisotopic (exact) mass is 324 g/mol. The quantitative estimate of drug-likeness (QED) is 0.906. The maximum atomic E-state index is 12.0. The largest absolute Gasteiger partial charge is 0.310 e. The Bertz CT molecular complexity index is 493. The summed E-state index contributed by atoms with van der Waals surface area (Å²) >= 11 is 3.37. The van der Waals surface area contributed by atoms with Gasteiger partial charge in [0.25, 0.3) is 0 Å². The molecule has 2 atom stereocenters. The fourth-order valence-electron chi connectivity index (χ4n) is 2.98. The van der Waals surface area contributed by atoms with Crippen molar-refractivity contribution in [3.63, 3.8) is 0 Å². The van der Waals surface area contributed by atoms with Crippen LogP contribution in [0.2, 0.25) is 0 Å². The van der Waals surface area contributed by atoms with Gasteiger partial charge in [0.1, 0.15) is 5.82 Å². The van der Waals surface area contributed by atoms with Crippen molar-refractivity contribution >= 4 is 27.7 Å². The number of fused-ring (bicyclic) bond motifs is 2. The second-order valence-electron chi connectivity index (χ2n) is 5.32. The van der Waals surface area contributed by atoms with Crippen LogP contribution in [0.25, 0.3) is 0 Å². The third-order valence-corrected chi connectivity index (χ3v) is 4.46. The molecule has 1 aromatic rings. The zero-order valence-corrected chi connectivity index (χ0v) is 12.4. The maximum absolute atomic E-state index is 12.0. The van der Waals surface area contributed by atoms with Crippen molar-refractivity contribution in [3.05, 3.63) is 22.8 Å². The summed E-state index contributed by atoms with van der Waals surface area (Å²) in [5, 5.41) is 2.85. The van der Waals surface area contributed by atoms with Crippen LogP contribution in [-0.4, -0.2) is 59.5 Å². The van der Waals surface area contributed by atoms with Gasteiger partial charge in [-0.3, -0.25) is 9.69 Å². The van der Waals surface area contributed by atoms with Crippen LogP contribution in [0, 0.1) is 0 Å². The van der Waals surface area contributed by atoms with E-state index in [2.05, 4.69) is 43.1 Å². The van der Waals surface area contributed by atoms with Gasteiger partial charge in [0.2, 0.25) is 5.91 Å². The van der Waals surface area contributed by atoms with Gasteiger partial charge in [0.15, 0.2) is 0 Å². The van der Waals surface area contributed by atoms with E-state index in [1.165, 1.54) is 6.42 Å². The minimum absolute atomic E-state index is 0.0146. The Balaban J connectivity index is 1.55. The number of likely N-dealkylation sites (N-methyl/N-ethyl adjacent to an activating group) is 1. The van der Waals surface area contributed by atoms with Crippen LogP contribution in [-0.2, 0) is 4.79 Å². The molecule has 1 N–H and O–H groups in total. The first kappa shape index (κ1) is 13.0. The van der Waals surface area contributed by atoms with Crippen molar-refractivity contribution in [2.24, 2.45) is 0 Å². The first-order valence-corrected chi connectivity index (χ1v) is 7.27. The SMILES string of the molecule is CN1C[C@H]2C[C@@H]1CN2CC(=O)Nc1cc(Br)ccn1. The second-order valence-corrected chi connectivity index (χ2v) is 6.24. The van der Waals surface area contributed by atoms with Gasteiger partial charge in [-0.1, -0.05) is 15.9 Å². The molecule has 2 aliphatic rings. The van der Waals surface area contributed by atoms with Crippen molar-refractivity contribution in [1.82, 2.24) is 14.8 Å². The summed E-state index contributed by atoms with van der Waals surface area (Å²) in [4.78, 5) is 20.8. The number of halogens is 1. The zero-order chi connectivity index (χ0) is 13.4. The van der Waals surface area contributed by atoms with E-state index in [0.717, 1.165) is 17.6 Å². The smallest absolute Gasteiger partial charge is 0.239 e. The molecule has 1 aromatic heterocycles. The molecule has 2 aliphatic heterocycles. The van der Waals surface area contributed by atoms with Crippen molar-refractivity contribution in [2.45, 2.75) is 18.5 Å². The number of amides is 1. The van der Waals surface area contributed by atoms with E-state index in [1.807, 2.05) is 12.1 Å². The molecule has 0 aliphatic carbocycles. The lowest BCUT2D eigenvalue weighted by Crippen LogP contribution is -2.47. The van der Waals surface area contributed by atoms with Crippen molar-refractivity contribution in [3.8, 4) is 0 Å². The van der Waals surface area contributed by atoms with E-state index in [4.69, 9.17) is 0 Å². The van der Waals surface area contributed by atoms with E-state index in [0.29, 0.717) is 24.4 Å². The molecule has 0 radical (unpaired) electrons. The van der Waals surface area contributed by atoms with Crippen molar-refractivity contribution < 1.29 is 4.79 Å². The van der Waals surface area contributed by atoms with E-state index >= 15 is 0 Å². The molecule has 0 aromatic carbocycles. The molecule has 0 saturated carbocycles. The highest BCUT2D eigenvalue weighted by molar-refractivity contribution is 9.10. The predicted octanol–water partition coefficient (Wildman–Crippen LogP) is 1.17. The van der Waals surface area contributed by atoms with Crippen LogP contribution in [0.3, 0.4) is 0 Å². The Kier molecular flexibility index (Phi) is 3.56. The van der Waals surface area contributed by atoms with Gasteiger partial charge in [-0.15, -0.1) is 0 Å². The predicted molar refractivity (Wildman–Crippen MR) is 77.0 cm³/mol. The highest BCUT2D eigenvalue weighted by Gasteiger charge is 2.41. The molecule has 3 heterocycles. The van der Waals surface area contributed by atoms with Crippen LogP contribution >= 0.6 is 15.9 Å². The summed E-state index contributed by atoms with van der Waals surface area (Å²) in [5.74, 6) is 0.613. The molecule has 6 heteroatoms. The number of pyridine rings is 1. The van der Waals surface area contributed by atoms with E-state index in [1.54, 1.807) is 6.20 Å². The third-order valence-electron chi connectivity index (χ3n) is 3.96. The first-order chi connectivity index (χ1) is 9.11. The highest BCUT2D eigenvalue weighted by atomic mass is 79.9. The summed E-state index contributed by atoms with van der Waals surface area (Å²) in [6, 6.07) is 4.81. The molecule has 3 rings (SSSR count). The topological polar surface area (TPSA) is 48.5 Å². The summed E-state index contributed by atoms with van der Waals surface area (Å²) < 4.78 is 0.916. The van der Waals surface area contributed by atoms with E-state index < -0.39 is 0 Å². The van der Waals surface area contributed by atoms with E-state index in [-0.39, 0.29) is 5.91 Å². The van der Waals surface area contributed by atoms with Gasteiger partial charge >= 0.3 is 0 Å². The molecule has 1 amide bonds. The molecule has 0 spiro atoms. The number of carbonyl (C=O) groups is 1. The van der Waals surface area contributed by atoms with E-state index in [9.17, 15) is 4.79 Å². The van der Waals surface area contributed by atoms with Crippen LogP contribution < -0.4 is 5.32 Å². The third kappa shape index (κ3) is 2.80. The average Bonchev–Trinajstić information content (AvgIpc) is 2.87. The second kappa shape index (κ2) is 5.19. The number of likely N-dealkylation sites (tertiary alicyclic amines) is 2. The van der Waals surface area contributed by atoms with Gasteiger partial charge < -0.3 is 10.2 Å². The molecule has 0 unspecified atom stereocenters. The number of carbonyl (C=O) groups excluding carboxylic acids is 1. The van der Waals surface area contributed by atoms with Crippen LogP contribution in [0.5, 0.6) is 0 Å². The molecule has 5 nitrogen and oxygen atoms in total. The summed E-state index contributed by atoms with van der Waals surface area (Å²) in [7, 11) is 2.16. The van der Waals surface area contributed by atoms with Gasteiger partial charge in [-0.2, -0.15) is 0 Å². The number of nitrogens with zero attached hydrogens (tertiary/aromatic N) is 3. The zero-order valence-electron chi connectivity index (χ0n) is 10.8. The van der Waals surface area contributed by atoms with Crippen LogP contribution in [0.4, 0.5) is 5.82 Å². The number of aromatic nitrogens is 1. The van der Waals surface area contributed by atoms with Gasteiger partial charge in [-0.25, -0.2) is 4.98 Å². The lowest BCUT2D eigenvalue weighted by molar-refractivity contribution is -0.117. The Hall–Kier alpha value is -0.980. The Labute approximate surface area is 121 Å². The Morgan fingerprint density at radius 1 is 1.53 bits per heavy atom. The number of hydrogen-bond acceptors (Lipinski definition) is 4. The van der Waals surface area contributed by atoms with Crippen molar-refractivity contribution in [2.75, 3.05) is 32.0 Å². The van der Waals surface area contributed by atoms with Gasteiger partial charge in [0, 0.05) is 35.8 Å². The normalized spacial score (nSPS) is 26.8. The fraction of sp³-hybridized carbons (Fsp3) is 0.538. The van der Waals surface area contributed by atoms with Gasteiger partial charge in [-0.05, 0) is 25.6 Å². The number of hydrogen-bond donors (Lipinski definition) is 1. The summed E-state index contributed by atoms with van der Waals surface area (Å²) in [5.41, 5.74) is 0. The lowest BCUT2D eigenvalue weighted by Gasteiger charge is -2.31. The molecular formula is C13H17BrN4O. The summed E-state index contributed by atoms with van der Waals surface area (Å²) in [6.07, 6.45) is 2.87. The lowest BCUT2D eigenvalue weighted by atomic mass is 10.2. The van der Waals surface area contributed by atoms with Crippen LogP contribution in [0.15, 0.2) is 22.8 Å². The number of rotatable bonds is 3. The average molecular weight is 325 g/mol. The van der Waals surface area contributed by atoms with Gasteiger partial charge in [0.05, 0.1) is 6.54 Å². The molecule has 2 saturated heterocycles. The highest BCUT2D eigenvalue weighted by Crippen LogP contribution is 2.28. The molecule has 2 fully saturated rings. The fourth-order valence-corrected chi connectivity index (χ4v) is 3.32. The summed E-state index contributed by atoms with van der Waals surface area (Å²) in [6.45, 7) is 2.54. The Morgan fingerprint density at radius 2 is 2.37 bits per heavy atom. The standard InChI is InChI=1S/C13H17BrN4O/c1-17-6-11-5-10(17)7-18(11)8-13(19)16-12-4-9(14)2-3-15-12/h2-4,10-11H,5-8H2,1H3,(H,15,16,19)/t10-,11-/m1/s1. The molecule has 102 valence electrons. The minimum Gasteiger partial charge on any atom is -0.310 e. The minimum atomic E-state index is 0.0146.